The molecule has 5 rings (SSSR count). The molecule has 0 saturated carbocycles. The number of nitrogens with zero attached hydrogens (tertiary/aromatic N) is 4. The maximum absolute atomic E-state index is 13.3. The summed E-state index contributed by atoms with van der Waals surface area (Å²) in [5.41, 5.74) is 9.75. The minimum Gasteiger partial charge on any atom is -0.484 e. The highest BCUT2D eigenvalue weighted by atomic mass is 32.1. The van der Waals surface area contributed by atoms with Crippen LogP contribution in [0.2, 0.25) is 0 Å². The Morgan fingerprint density at radius 2 is 1.82 bits per heavy atom. The Hall–Kier alpha value is -4.57. The number of urea groups is 1. The molecular weight excluding hydrogens is 637 g/mol. The summed E-state index contributed by atoms with van der Waals surface area (Å²) in [6.45, 7) is 8.44. The van der Waals surface area contributed by atoms with E-state index in [2.05, 4.69) is 40.2 Å². The first-order valence-corrected chi connectivity index (χ1v) is 17.3. The van der Waals surface area contributed by atoms with Crippen LogP contribution in [0, 0.1) is 22.3 Å². The number of ether oxygens (including phenoxy) is 1. The van der Waals surface area contributed by atoms with E-state index in [1.165, 1.54) is 38.2 Å². The first kappa shape index (κ1) is 38.9. The third kappa shape index (κ3) is 11.8. The number of benzene rings is 2. The van der Waals surface area contributed by atoms with Crippen LogP contribution in [0.25, 0.3) is 0 Å². The van der Waals surface area contributed by atoms with Gasteiger partial charge in [-0.25, -0.2) is 14.4 Å². The van der Waals surface area contributed by atoms with Crippen LogP contribution in [0.1, 0.15) is 75.3 Å². The summed E-state index contributed by atoms with van der Waals surface area (Å²) in [5.74, 6) is 0.764. The Morgan fingerprint density at radius 1 is 1.12 bits per heavy atom. The summed E-state index contributed by atoms with van der Waals surface area (Å²) in [7, 11) is 2.17. The second-order valence-electron chi connectivity index (χ2n) is 12.9. The molecule has 262 valence electrons. The van der Waals surface area contributed by atoms with E-state index in [0.717, 1.165) is 15.7 Å². The minimum atomic E-state index is -0.430. The van der Waals surface area contributed by atoms with E-state index in [1.54, 1.807) is 42.7 Å². The van der Waals surface area contributed by atoms with Gasteiger partial charge in [0, 0.05) is 17.2 Å². The van der Waals surface area contributed by atoms with Gasteiger partial charge in [-0.3, -0.25) is 10.7 Å². The fraction of sp³-hybridized carbons (Fsp3) is 0.405. The van der Waals surface area contributed by atoms with Gasteiger partial charge in [0.2, 0.25) is 0 Å². The number of nitrogens with one attached hydrogen (secondary N) is 3. The zero-order chi connectivity index (χ0) is 36.0. The molecule has 6 N–H and O–H groups in total. The van der Waals surface area contributed by atoms with Gasteiger partial charge in [0.1, 0.15) is 23.2 Å². The van der Waals surface area contributed by atoms with Gasteiger partial charge in [-0.05, 0) is 93.0 Å². The Balaban J connectivity index is 0.000000722. The molecule has 3 aromatic rings. The molecule has 12 heteroatoms. The second kappa shape index (κ2) is 18.8. The van der Waals surface area contributed by atoms with Crippen molar-refractivity contribution in [1.82, 2.24) is 20.1 Å². The summed E-state index contributed by atoms with van der Waals surface area (Å²) in [6, 6.07) is 17.4. The molecule has 0 bridgehead atoms. The number of amides is 2. The summed E-state index contributed by atoms with van der Waals surface area (Å²) in [5, 5.41) is 32.5. The number of hydrogen-bond donors (Lipinski definition) is 6. The number of thiol groups is 1. The number of amidine groups is 1. The molecule has 2 heterocycles. The number of likely N-dealkylation sites (tertiary alicyclic amines) is 1. The molecule has 0 spiro atoms. The van der Waals surface area contributed by atoms with Crippen molar-refractivity contribution >= 4 is 30.2 Å². The molecule has 2 amide bonds. The third-order valence-corrected chi connectivity index (χ3v) is 8.12. The Bertz CT molecular complexity index is 1700. The van der Waals surface area contributed by atoms with E-state index in [4.69, 9.17) is 15.9 Å². The molecule has 1 aromatic heterocycles. The maximum atomic E-state index is 13.3. The van der Waals surface area contributed by atoms with E-state index >= 15 is 0 Å². The van der Waals surface area contributed by atoms with E-state index in [9.17, 15) is 15.2 Å². The Labute approximate surface area is 295 Å². The highest BCUT2D eigenvalue weighted by Gasteiger charge is 2.29. The average Bonchev–Trinajstić information content (AvgIpc) is 3.58. The number of pyridine rings is 1. The third-order valence-electron chi connectivity index (χ3n) is 8.12. The van der Waals surface area contributed by atoms with Gasteiger partial charge >= 0.3 is 6.03 Å². The lowest BCUT2D eigenvalue weighted by molar-refractivity contribution is 0.171. The maximum Gasteiger partial charge on any atom is 0.320 e. The number of aromatic nitrogens is 1. The van der Waals surface area contributed by atoms with Gasteiger partial charge in [-0.2, -0.15) is 17.9 Å². The number of aliphatic imine (C=N–C) groups is 1. The van der Waals surface area contributed by atoms with Crippen molar-refractivity contribution in [3.63, 3.8) is 0 Å². The molecule has 2 aromatic carbocycles. The number of nitrogens with two attached hydrogens (primary N) is 1. The largest absolute Gasteiger partial charge is 0.484 e. The van der Waals surface area contributed by atoms with Crippen LogP contribution in [0.15, 0.2) is 83.6 Å². The molecule has 2 atom stereocenters. The highest BCUT2D eigenvalue weighted by molar-refractivity contribution is 7.79. The fourth-order valence-corrected chi connectivity index (χ4v) is 5.33. The van der Waals surface area contributed by atoms with E-state index in [-0.39, 0.29) is 35.5 Å². The SMILES string of the molecule is CC(C)(C)/C(N)=C/C(=Nc1cccc(CO)c1)NC(=O)NC1CCC(Oc2ccc(=N)n(C#N)c2)c2ccccc21.CN1CCCC1.CS. The van der Waals surface area contributed by atoms with Gasteiger partial charge in [0.25, 0.3) is 0 Å². The van der Waals surface area contributed by atoms with Crippen molar-refractivity contribution in [2.75, 3.05) is 26.4 Å². The predicted octanol–water partition coefficient (Wildman–Crippen LogP) is 5.92. The van der Waals surface area contributed by atoms with Crippen LogP contribution in [-0.4, -0.2) is 52.8 Å². The lowest BCUT2D eigenvalue weighted by Gasteiger charge is -2.32. The van der Waals surface area contributed by atoms with Crippen LogP contribution >= 0.6 is 12.6 Å². The van der Waals surface area contributed by atoms with E-state index in [0.29, 0.717) is 35.5 Å². The zero-order valence-electron chi connectivity index (χ0n) is 29.1. The molecule has 1 aliphatic carbocycles. The normalized spacial score (nSPS) is 17.7. The van der Waals surface area contributed by atoms with Crippen molar-refractivity contribution in [2.45, 2.75) is 65.2 Å². The van der Waals surface area contributed by atoms with Crippen LogP contribution in [0.5, 0.6) is 5.75 Å². The van der Waals surface area contributed by atoms with Crippen molar-refractivity contribution < 1.29 is 14.6 Å². The van der Waals surface area contributed by atoms with E-state index < -0.39 is 6.03 Å². The summed E-state index contributed by atoms with van der Waals surface area (Å²) >= 11 is 3.53. The van der Waals surface area contributed by atoms with Crippen molar-refractivity contribution in [1.29, 1.82) is 10.7 Å². The van der Waals surface area contributed by atoms with Gasteiger partial charge in [-0.15, -0.1) is 0 Å². The first-order valence-electron chi connectivity index (χ1n) is 16.4. The molecule has 2 aliphatic rings. The number of aliphatic hydroxyl groups excluding tert-OH is 1. The van der Waals surface area contributed by atoms with Gasteiger partial charge in [0.05, 0.1) is 24.5 Å². The van der Waals surface area contributed by atoms with Crippen molar-refractivity contribution in [3.8, 4) is 11.9 Å². The fourth-order valence-electron chi connectivity index (χ4n) is 5.33. The lowest BCUT2D eigenvalue weighted by Crippen LogP contribution is -2.42. The Kier molecular flexibility index (Phi) is 14.9. The summed E-state index contributed by atoms with van der Waals surface area (Å²) in [6.07, 6.45) is 10.6. The van der Waals surface area contributed by atoms with E-state index in [1.807, 2.05) is 51.2 Å². The molecular formula is C37H50N8O3S. The molecule has 2 unspecified atom stereocenters. The van der Waals surface area contributed by atoms with Gasteiger partial charge in [0.15, 0.2) is 6.19 Å². The molecule has 1 saturated heterocycles. The average molecular weight is 687 g/mol. The van der Waals surface area contributed by atoms with Crippen LogP contribution in [0.3, 0.4) is 0 Å². The number of rotatable bonds is 6. The monoisotopic (exact) mass is 686 g/mol. The Morgan fingerprint density at radius 3 is 2.43 bits per heavy atom. The number of hydrogen-bond acceptors (Lipinski definition) is 9. The number of allylic oxidation sites excluding steroid dienone is 1. The van der Waals surface area contributed by atoms with Crippen LogP contribution < -0.4 is 26.6 Å². The molecule has 11 nitrogen and oxygen atoms in total. The number of carbonyl (C=O) groups excluding carboxylic acids is 1. The molecule has 49 heavy (non-hydrogen) atoms. The number of carbonyl (C=O) groups is 1. The summed E-state index contributed by atoms with van der Waals surface area (Å²) in [4.78, 5) is 20.2. The standard InChI is InChI=1S/C31H35N7O3.C5H11N.CH4S/c1-31(2,3)27(33)16-29(35-21-8-6-7-20(15-21)18-39)37-30(40)36-25-12-13-26(24-10-5-4-9-23(24)25)41-22-11-14-28(34)38(17-22)19-32;1-6-4-2-3-5-6;1-2/h4-11,14-17,25-26,34,39H,12-13,18,33H2,1-3H3,(H2,35,36,37,40);2-5H2,1H3;2H,1H3/b27-16-,34-28?;;. The highest BCUT2D eigenvalue weighted by Crippen LogP contribution is 2.38. The minimum absolute atomic E-state index is 0.0716. The smallest absolute Gasteiger partial charge is 0.320 e. The zero-order valence-corrected chi connectivity index (χ0v) is 30.0. The van der Waals surface area contributed by atoms with Crippen molar-refractivity contribution in [3.05, 3.63) is 101 Å². The number of fused-ring (bicyclic) bond motifs is 1. The topological polar surface area (TPSA) is 165 Å². The summed E-state index contributed by atoms with van der Waals surface area (Å²) < 4.78 is 7.35. The predicted molar refractivity (Wildman–Crippen MR) is 198 cm³/mol. The van der Waals surface area contributed by atoms with Gasteiger partial charge < -0.3 is 25.8 Å². The molecule has 1 aliphatic heterocycles. The molecule has 1 fully saturated rings. The number of aliphatic hydroxyl groups is 1. The second-order valence-corrected chi connectivity index (χ2v) is 12.9. The van der Waals surface area contributed by atoms with Crippen LogP contribution in [0.4, 0.5) is 10.5 Å². The van der Waals surface area contributed by atoms with Crippen molar-refractivity contribution in [2.24, 2.45) is 16.1 Å². The first-order chi connectivity index (χ1) is 23.5. The van der Waals surface area contributed by atoms with Crippen LogP contribution in [-0.2, 0) is 6.61 Å². The van der Waals surface area contributed by atoms with Gasteiger partial charge in [-0.1, -0.05) is 57.2 Å². The molecule has 0 radical (unpaired) electrons. The quantitative estimate of drug-likeness (QED) is 0.107. The number of nitriles is 1. The lowest BCUT2D eigenvalue weighted by atomic mass is 9.85.